The average Bonchev–Trinajstić information content (AvgIpc) is 2.82. The molecular weight excluding hydrogens is 398 g/mol. The number of para-hydroxylation sites is 1. The smallest absolute Gasteiger partial charge is 0.287 e. The molecule has 0 spiro atoms. The summed E-state index contributed by atoms with van der Waals surface area (Å²) in [5.41, 5.74) is 5.49. The van der Waals surface area contributed by atoms with E-state index in [1.807, 2.05) is 61.5 Å². The quantitative estimate of drug-likeness (QED) is 0.605. The first-order valence-corrected chi connectivity index (χ1v) is 11.3. The van der Waals surface area contributed by atoms with Gasteiger partial charge in [0.05, 0.1) is 20.3 Å². The molecule has 3 aromatic carbocycles. The highest BCUT2D eigenvalue weighted by Gasteiger charge is 2.30. The van der Waals surface area contributed by atoms with Crippen LogP contribution in [0, 0.1) is 6.92 Å². The van der Waals surface area contributed by atoms with Crippen LogP contribution in [0.15, 0.2) is 78.9 Å². The molecule has 1 aliphatic heterocycles. The number of hydrogen-bond acceptors (Lipinski definition) is 3. The van der Waals surface area contributed by atoms with Gasteiger partial charge in [-0.05, 0) is 25.1 Å². The van der Waals surface area contributed by atoms with Crippen molar-refractivity contribution in [2.75, 3.05) is 43.6 Å². The summed E-state index contributed by atoms with van der Waals surface area (Å²) in [6.45, 7) is 6.08. The molecule has 5 heteroatoms. The Bertz CT molecular complexity index is 1010. The van der Waals surface area contributed by atoms with Crippen molar-refractivity contribution in [2.45, 2.75) is 19.5 Å². The lowest BCUT2D eigenvalue weighted by Crippen LogP contribution is -3.09. The topological polar surface area (TPSA) is 46.0 Å². The Morgan fingerprint density at radius 1 is 0.969 bits per heavy atom. The zero-order valence-corrected chi connectivity index (χ0v) is 18.9. The number of benzene rings is 3. The zero-order valence-electron chi connectivity index (χ0n) is 18.9. The van der Waals surface area contributed by atoms with Crippen molar-refractivity contribution in [1.29, 1.82) is 0 Å². The van der Waals surface area contributed by atoms with Crippen LogP contribution in [-0.2, 0) is 16.1 Å². The second kappa shape index (κ2) is 10.4. The van der Waals surface area contributed by atoms with E-state index < -0.39 is 0 Å². The number of morpholine rings is 1. The SMILES string of the molecule is Cc1ccc(NC(=O)[C@@H](c2ccccc2)[NH+](C)Cc2ccccc2N2CCOCC2)cc1. The predicted octanol–water partition coefficient (Wildman–Crippen LogP) is 3.23. The van der Waals surface area contributed by atoms with Gasteiger partial charge in [0.15, 0.2) is 6.04 Å². The molecule has 1 saturated heterocycles. The lowest BCUT2D eigenvalue weighted by molar-refractivity contribution is -0.915. The largest absolute Gasteiger partial charge is 0.378 e. The molecule has 1 unspecified atom stereocenters. The van der Waals surface area contributed by atoms with Gasteiger partial charge in [0.25, 0.3) is 5.91 Å². The normalized spacial score (nSPS) is 15.8. The summed E-state index contributed by atoms with van der Waals surface area (Å²) >= 11 is 0. The van der Waals surface area contributed by atoms with Crippen LogP contribution in [0.25, 0.3) is 0 Å². The number of rotatable bonds is 7. The second-order valence-electron chi connectivity index (χ2n) is 8.45. The van der Waals surface area contributed by atoms with Crippen LogP contribution in [0.1, 0.15) is 22.7 Å². The Hall–Kier alpha value is -3.15. The van der Waals surface area contributed by atoms with Crippen molar-refractivity contribution in [3.05, 3.63) is 95.6 Å². The van der Waals surface area contributed by atoms with Crippen LogP contribution in [0.2, 0.25) is 0 Å². The third-order valence-corrected chi connectivity index (χ3v) is 6.02. The molecule has 0 bridgehead atoms. The molecule has 1 fully saturated rings. The fraction of sp³-hybridized carbons (Fsp3) is 0.296. The number of carbonyl (C=O) groups excluding carboxylic acids is 1. The van der Waals surface area contributed by atoms with Gasteiger partial charge in [-0.2, -0.15) is 0 Å². The summed E-state index contributed by atoms with van der Waals surface area (Å²) in [5, 5.41) is 3.13. The van der Waals surface area contributed by atoms with Gasteiger partial charge in [0.1, 0.15) is 6.54 Å². The molecule has 166 valence electrons. The van der Waals surface area contributed by atoms with Crippen LogP contribution < -0.4 is 15.1 Å². The maximum atomic E-state index is 13.5. The first-order valence-electron chi connectivity index (χ1n) is 11.3. The molecule has 0 aromatic heterocycles. The maximum Gasteiger partial charge on any atom is 0.287 e. The van der Waals surface area contributed by atoms with Crippen molar-refractivity contribution in [1.82, 2.24) is 0 Å². The fourth-order valence-corrected chi connectivity index (χ4v) is 4.33. The van der Waals surface area contributed by atoms with Crippen LogP contribution in [0.4, 0.5) is 11.4 Å². The average molecular weight is 431 g/mol. The summed E-state index contributed by atoms with van der Waals surface area (Å²) in [6, 6.07) is 26.2. The van der Waals surface area contributed by atoms with Crippen molar-refractivity contribution in [3.63, 3.8) is 0 Å². The van der Waals surface area contributed by atoms with E-state index in [-0.39, 0.29) is 11.9 Å². The van der Waals surface area contributed by atoms with Gasteiger partial charge < -0.3 is 19.9 Å². The van der Waals surface area contributed by atoms with Gasteiger partial charge in [-0.3, -0.25) is 4.79 Å². The van der Waals surface area contributed by atoms with Crippen molar-refractivity contribution in [3.8, 4) is 0 Å². The lowest BCUT2D eigenvalue weighted by Gasteiger charge is -2.32. The molecule has 3 aromatic rings. The summed E-state index contributed by atoms with van der Waals surface area (Å²) in [6.07, 6.45) is 0. The standard InChI is InChI=1S/C27H31N3O2/c1-21-12-14-24(15-13-21)28-27(31)26(22-8-4-3-5-9-22)29(2)20-23-10-6-7-11-25(23)30-16-18-32-19-17-30/h3-15,26H,16-20H2,1-2H3,(H,28,31)/p+1/t26-/m1/s1. The molecule has 0 aliphatic carbocycles. The molecule has 0 radical (unpaired) electrons. The van der Waals surface area contributed by atoms with Crippen molar-refractivity contribution in [2.24, 2.45) is 0 Å². The first kappa shape index (κ1) is 22.1. The first-order chi connectivity index (χ1) is 15.6. The van der Waals surface area contributed by atoms with E-state index in [4.69, 9.17) is 4.74 Å². The number of nitrogens with one attached hydrogen (secondary N) is 2. The van der Waals surface area contributed by atoms with E-state index in [0.717, 1.165) is 49.0 Å². The minimum atomic E-state index is -0.324. The second-order valence-corrected chi connectivity index (χ2v) is 8.45. The third kappa shape index (κ3) is 5.36. The summed E-state index contributed by atoms with van der Waals surface area (Å²) in [5.74, 6) is 0.00130. The summed E-state index contributed by atoms with van der Waals surface area (Å²) in [4.78, 5) is 17.0. The van der Waals surface area contributed by atoms with E-state index in [2.05, 4.69) is 41.5 Å². The van der Waals surface area contributed by atoms with E-state index in [1.165, 1.54) is 16.8 Å². The molecule has 1 amide bonds. The predicted molar refractivity (Wildman–Crippen MR) is 129 cm³/mol. The monoisotopic (exact) mass is 430 g/mol. The molecule has 1 heterocycles. The lowest BCUT2D eigenvalue weighted by atomic mass is 10.0. The summed E-state index contributed by atoms with van der Waals surface area (Å²) in [7, 11) is 2.10. The number of amides is 1. The minimum Gasteiger partial charge on any atom is -0.378 e. The highest BCUT2D eigenvalue weighted by atomic mass is 16.5. The molecule has 2 N–H and O–H groups in total. The Morgan fingerprint density at radius 3 is 2.34 bits per heavy atom. The minimum absolute atomic E-state index is 0.00130. The number of anilines is 2. The Labute approximate surface area is 190 Å². The van der Waals surface area contributed by atoms with E-state index in [9.17, 15) is 4.79 Å². The van der Waals surface area contributed by atoms with Gasteiger partial charge in [0.2, 0.25) is 0 Å². The van der Waals surface area contributed by atoms with E-state index in [1.54, 1.807) is 0 Å². The number of quaternary nitrogens is 1. The van der Waals surface area contributed by atoms with Crippen LogP contribution in [0.5, 0.6) is 0 Å². The van der Waals surface area contributed by atoms with Crippen LogP contribution in [0.3, 0.4) is 0 Å². The van der Waals surface area contributed by atoms with Gasteiger partial charge >= 0.3 is 0 Å². The third-order valence-electron chi connectivity index (χ3n) is 6.02. The fourth-order valence-electron chi connectivity index (χ4n) is 4.33. The number of aryl methyl sites for hydroxylation is 1. The molecular formula is C27H32N3O2+. The van der Waals surface area contributed by atoms with Gasteiger partial charge in [-0.1, -0.05) is 66.2 Å². The number of carbonyl (C=O) groups is 1. The van der Waals surface area contributed by atoms with E-state index in [0.29, 0.717) is 0 Å². The highest BCUT2D eigenvalue weighted by Crippen LogP contribution is 2.22. The molecule has 0 saturated carbocycles. The maximum absolute atomic E-state index is 13.5. The molecule has 1 aliphatic rings. The van der Waals surface area contributed by atoms with Crippen molar-refractivity contribution >= 4 is 17.3 Å². The number of hydrogen-bond donors (Lipinski definition) is 2. The highest BCUT2D eigenvalue weighted by molar-refractivity contribution is 5.94. The molecule has 32 heavy (non-hydrogen) atoms. The van der Waals surface area contributed by atoms with Crippen LogP contribution >= 0.6 is 0 Å². The Balaban J connectivity index is 1.58. The molecule has 2 atom stereocenters. The zero-order chi connectivity index (χ0) is 22.3. The molecule has 4 rings (SSSR count). The number of likely N-dealkylation sites (N-methyl/N-ethyl adjacent to an activating group) is 1. The number of ether oxygens (including phenoxy) is 1. The van der Waals surface area contributed by atoms with Gasteiger partial charge in [0, 0.05) is 35.6 Å². The Morgan fingerprint density at radius 2 is 1.62 bits per heavy atom. The van der Waals surface area contributed by atoms with Crippen LogP contribution in [-0.4, -0.2) is 39.3 Å². The van der Waals surface area contributed by atoms with Gasteiger partial charge in [-0.15, -0.1) is 0 Å². The number of nitrogens with zero attached hydrogens (tertiary/aromatic N) is 1. The van der Waals surface area contributed by atoms with Gasteiger partial charge in [-0.25, -0.2) is 0 Å². The molecule has 5 nitrogen and oxygen atoms in total. The van der Waals surface area contributed by atoms with E-state index >= 15 is 0 Å². The summed E-state index contributed by atoms with van der Waals surface area (Å²) < 4.78 is 5.53. The van der Waals surface area contributed by atoms with Crippen molar-refractivity contribution < 1.29 is 14.4 Å². The Kier molecular flexibility index (Phi) is 7.20.